The number of hydrogen-bond donors (Lipinski definition) is 1. The van der Waals surface area contributed by atoms with Gasteiger partial charge in [-0.25, -0.2) is 8.42 Å². The summed E-state index contributed by atoms with van der Waals surface area (Å²) in [6.07, 6.45) is 3.40. The van der Waals surface area contributed by atoms with Crippen LogP contribution in [0.1, 0.15) is 35.2 Å². The lowest BCUT2D eigenvalue weighted by Crippen LogP contribution is -2.29. The molecule has 1 aliphatic heterocycles. The van der Waals surface area contributed by atoms with Gasteiger partial charge in [0.05, 0.1) is 10.6 Å². The molecule has 2 aromatic carbocycles. The summed E-state index contributed by atoms with van der Waals surface area (Å²) in [4.78, 5) is 15.0. The molecule has 2 aromatic rings. The van der Waals surface area contributed by atoms with Gasteiger partial charge in [0.2, 0.25) is 0 Å². The second-order valence-corrected chi connectivity index (χ2v) is 9.47. The van der Waals surface area contributed by atoms with Crippen LogP contribution in [0.5, 0.6) is 0 Å². The van der Waals surface area contributed by atoms with E-state index in [2.05, 4.69) is 10.2 Å². The van der Waals surface area contributed by atoms with Gasteiger partial charge in [-0.15, -0.1) is 0 Å². The minimum atomic E-state index is -3.75. The molecule has 29 heavy (non-hydrogen) atoms. The van der Waals surface area contributed by atoms with Crippen molar-refractivity contribution in [3.05, 3.63) is 59.7 Å². The van der Waals surface area contributed by atoms with Crippen molar-refractivity contribution in [1.82, 2.24) is 10.2 Å². The normalized spacial score (nSPS) is 14.7. The van der Waals surface area contributed by atoms with Crippen molar-refractivity contribution in [3.8, 4) is 0 Å². The molecular weight excluding hydrogens is 386 g/mol. The molecule has 7 heteroatoms. The fourth-order valence-corrected chi connectivity index (χ4v) is 4.77. The quantitative estimate of drug-likeness (QED) is 0.673. The number of hydrogen-bond acceptors (Lipinski definition) is 4. The van der Waals surface area contributed by atoms with E-state index in [4.69, 9.17) is 0 Å². The second kappa shape index (κ2) is 9.41. The van der Waals surface area contributed by atoms with Crippen LogP contribution in [0.25, 0.3) is 0 Å². The Hall–Kier alpha value is -2.38. The third-order valence-electron chi connectivity index (χ3n) is 5.26. The summed E-state index contributed by atoms with van der Waals surface area (Å²) >= 11 is 0. The smallest absolute Gasteiger partial charge is 0.264 e. The van der Waals surface area contributed by atoms with Gasteiger partial charge in [0.15, 0.2) is 0 Å². The summed E-state index contributed by atoms with van der Waals surface area (Å²) in [7, 11) is -2.23. The van der Waals surface area contributed by atoms with E-state index in [1.807, 2.05) is 25.1 Å². The molecule has 3 rings (SSSR count). The van der Waals surface area contributed by atoms with E-state index in [-0.39, 0.29) is 10.8 Å². The minimum Gasteiger partial charge on any atom is -0.352 e. The van der Waals surface area contributed by atoms with Crippen molar-refractivity contribution in [3.63, 3.8) is 0 Å². The summed E-state index contributed by atoms with van der Waals surface area (Å²) in [5.74, 6) is -0.248. The Morgan fingerprint density at radius 1 is 1.10 bits per heavy atom. The number of nitrogens with zero attached hydrogens (tertiary/aromatic N) is 2. The number of amides is 1. The first-order valence-corrected chi connectivity index (χ1v) is 11.5. The molecule has 156 valence electrons. The van der Waals surface area contributed by atoms with Crippen molar-refractivity contribution in [2.24, 2.45) is 0 Å². The number of nitrogens with one attached hydrogen (secondary N) is 1. The van der Waals surface area contributed by atoms with Crippen LogP contribution >= 0.6 is 0 Å². The predicted molar refractivity (Wildman–Crippen MR) is 116 cm³/mol. The van der Waals surface area contributed by atoms with Crippen LogP contribution in [0.2, 0.25) is 0 Å². The van der Waals surface area contributed by atoms with Gasteiger partial charge in [-0.1, -0.05) is 18.2 Å². The first-order valence-electron chi connectivity index (χ1n) is 10.0. The Labute approximate surface area is 173 Å². The average molecular weight is 416 g/mol. The van der Waals surface area contributed by atoms with E-state index in [0.717, 1.165) is 31.6 Å². The van der Waals surface area contributed by atoms with Crippen LogP contribution in [0.3, 0.4) is 0 Å². The number of aryl methyl sites for hydroxylation is 1. The summed E-state index contributed by atoms with van der Waals surface area (Å²) in [6, 6.07) is 13.5. The number of sulfonamides is 1. The zero-order chi connectivity index (χ0) is 20.9. The Balaban J connectivity index is 1.65. The van der Waals surface area contributed by atoms with E-state index >= 15 is 0 Å². The Kier molecular flexibility index (Phi) is 6.92. The van der Waals surface area contributed by atoms with Crippen LogP contribution in [0, 0.1) is 6.92 Å². The van der Waals surface area contributed by atoms with Gasteiger partial charge in [-0.05, 0) is 81.7 Å². The molecule has 6 nitrogen and oxygen atoms in total. The van der Waals surface area contributed by atoms with Crippen molar-refractivity contribution in [2.75, 3.05) is 37.5 Å². The molecule has 0 aliphatic carbocycles. The largest absolute Gasteiger partial charge is 0.352 e. The molecule has 1 heterocycles. The molecule has 1 fully saturated rings. The Bertz CT molecular complexity index is 953. The van der Waals surface area contributed by atoms with Crippen molar-refractivity contribution in [1.29, 1.82) is 0 Å². The number of anilines is 1. The van der Waals surface area contributed by atoms with Crippen molar-refractivity contribution in [2.45, 2.75) is 31.1 Å². The van der Waals surface area contributed by atoms with E-state index in [0.29, 0.717) is 17.8 Å². The maximum atomic E-state index is 13.0. The van der Waals surface area contributed by atoms with Crippen LogP contribution < -0.4 is 9.62 Å². The third-order valence-corrected chi connectivity index (χ3v) is 7.04. The fraction of sp³-hybridized carbons (Fsp3) is 0.409. The van der Waals surface area contributed by atoms with E-state index < -0.39 is 10.0 Å². The third kappa shape index (κ3) is 5.36. The van der Waals surface area contributed by atoms with Gasteiger partial charge < -0.3 is 10.2 Å². The second-order valence-electron chi connectivity index (χ2n) is 7.50. The molecule has 0 spiro atoms. The monoisotopic (exact) mass is 415 g/mol. The zero-order valence-electron chi connectivity index (χ0n) is 17.1. The van der Waals surface area contributed by atoms with Crippen molar-refractivity contribution >= 4 is 21.6 Å². The highest BCUT2D eigenvalue weighted by Crippen LogP contribution is 2.23. The lowest BCUT2D eigenvalue weighted by atomic mass is 10.2. The highest BCUT2D eigenvalue weighted by atomic mass is 32.2. The van der Waals surface area contributed by atoms with Crippen LogP contribution in [-0.4, -0.2) is 52.5 Å². The Morgan fingerprint density at radius 2 is 1.83 bits per heavy atom. The molecule has 0 radical (unpaired) electrons. The van der Waals surface area contributed by atoms with Gasteiger partial charge in [0, 0.05) is 19.2 Å². The number of carbonyl (C=O) groups excluding carboxylic acids is 1. The SMILES string of the molecule is Cc1cccc(N(C)S(=O)(=O)c2cccc(C(=O)NCCCN3CCCC3)c2)c1. The van der Waals surface area contributed by atoms with Crippen molar-refractivity contribution < 1.29 is 13.2 Å². The molecule has 1 aliphatic rings. The minimum absolute atomic E-state index is 0.103. The van der Waals surface area contributed by atoms with Gasteiger partial charge in [0.25, 0.3) is 15.9 Å². The summed E-state index contributed by atoms with van der Waals surface area (Å²) in [6.45, 7) is 5.76. The lowest BCUT2D eigenvalue weighted by molar-refractivity contribution is 0.0952. The summed E-state index contributed by atoms with van der Waals surface area (Å²) in [5, 5.41) is 2.90. The van der Waals surface area contributed by atoms with Gasteiger partial charge in [-0.2, -0.15) is 0 Å². The number of likely N-dealkylation sites (tertiary alicyclic amines) is 1. The standard InChI is InChI=1S/C22H29N3O3S/c1-18-8-5-10-20(16-18)24(2)29(27,28)21-11-6-9-19(17-21)22(26)23-12-7-15-25-13-3-4-14-25/h5-6,8-11,16-17H,3-4,7,12-15H2,1-2H3,(H,23,26). The molecule has 0 unspecified atom stereocenters. The lowest BCUT2D eigenvalue weighted by Gasteiger charge is -2.20. The molecular formula is C22H29N3O3S. The highest BCUT2D eigenvalue weighted by Gasteiger charge is 2.22. The Morgan fingerprint density at radius 3 is 2.55 bits per heavy atom. The first kappa shape index (κ1) is 21.3. The molecule has 1 amide bonds. The first-order chi connectivity index (χ1) is 13.9. The number of rotatable bonds is 8. The summed E-state index contributed by atoms with van der Waals surface area (Å²) in [5.41, 5.74) is 1.92. The molecule has 0 saturated carbocycles. The molecule has 0 aromatic heterocycles. The fourth-order valence-electron chi connectivity index (χ4n) is 3.53. The maximum Gasteiger partial charge on any atom is 0.264 e. The van der Waals surface area contributed by atoms with Gasteiger partial charge in [0.1, 0.15) is 0 Å². The van der Waals surface area contributed by atoms with E-state index in [9.17, 15) is 13.2 Å². The van der Waals surface area contributed by atoms with Gasteiger partial charge in [-0.3, -0.25) is 9.10 Å². The van der Waals surface area contributed by atoms with E-state index in [1.54, 1.807) is 18.2 Å². The van der Waals surface area contributed by atoms with Crippen LogP contribution in [0.15, 0.2) is 53.4 Å². The number of carbonyl (C=O) groups is 1. The van der Waals surface area contributed by atoms with Crippen LogP contribution in [-0.2, 0) is 10.0 Å². The highest BCUT2D eigenvalue weighted by molar-refractivity contribution is 7.92. The molecule has 1 N–H and O–H groups in total. The van der Waals surface area contributed by atoms with Gasteiger partial charge >= 0.3 is 0 Å². The molecule has 0 bridgehead atoms. The zero-order valence-corrected chi connectivity index (χ0v) is 17.9. The molecule has 0 atom stereocenters. The maximum absolute atomic E-state index is 13.0. The number of benzene rings is 2. The predicted octanol–water partition coefficient (Wildman–Crippen LogP) is 3.04. The van der Waals surface area contributed by atoms with Crippen LogP contribution in [0.4, 0.5) is 5.69 Å². The average Bonchev–Trinajstić information content (AvgIpc) is 3.24. The topological polar surface area (TPSA) is 69.7 Å². The molecule has 1 saturated heterocycles. The summed E-state index contributed by atoms with van der Waals surface area (Å²) < 4.78 is 27.3. The van der Waals surface area contributed by atoms with E-state index in [1.165, 1.54) is 36.3 Å².